The fourth-order valence-corrected chi connectivity index (χ4v) is 4.98. The van der Waals surface area contributed by atoms with Crippen molar-refractivity contribution in [1.29, 1.82) is 0 Å². The standard InChI is InChI=1S/C29H18Cl2F6N2/c30-23-9-2-5-17(26(23)31)11-10-16-4-1-6-18(12-16)28-20-7-3-8-22(29(35,36)37)27(20)38-39(28)15-21-24(33)13-19(32)14-25(21)34/h1-9,12-14H,10-11,15H2. The molecule has 0 saturated carbocycles. The number of aromatic nitrogens is 2. The lowest BCUT2D eigenvalue weighted by atomic mass is 9.99. The van der Waals surface area contributed by atoms with Crippen LogP contribution in [0.4, 0.5) is 26.3 Å². The molecule has 10 heteroatoms. The van der Waals surface area contributed by atoms with Crippen LogP contribution in [0.15, 0.2) is 72.8 Å². The highest BCUT2D eigenvalue weighted by atomic mass is 35.5. The minimum absolute atomic E-state index is 0.155. The molecule has 0 spiro atoms. The third-order valence-electron chi connectivity index (χ3n) is 6.40. The molecule has 5 aromatic rings. The first-order valence-corrected chi connectivity index (χ1v) is 12.5. The largest absolute Gasteiger partial charge is 0.418 e. The van der Waals surface area contributed by atoms with Crippen LogP contribution >= 0.6 is 23.2 Å². The van der Waals surface area contributed by atoms with Gasteiger partial charge in [-0.15, -0.1) is 0 Å². The first-order chi connectivity index (χ1) is 18.5. The Morgan fingerprint density at radius 3 is 2.21 bits per heavy atom. The maximum atomic E-state index is 14.5. The van der Waals surface area contributed by atoms with Crippen LogP contribution in [0.5, 0.6) is 0 Å². The summed E-state index contributed by atoms with van der Waals surface area (Å²) in [7, 11) is 0. The molecule has 0 N–H and O–H groups in total. The Bertz CT molecular complexity index is 1670. The first kappa shape index (κ1) is 27.1. The second kappa shape index (κ2) is 10.6. The SMILES string of the molecule is Fc1cc(F)c(Cn2nc3c(C(F)(F)F)cccc3c2-c2cccc(CCc3cccc(Cl)c3Cl)c2)c(F)c1. The van der Waals surface area contributed by atoms with Gasteiger partial charge in [0.15, 0.2) is 0 Å². The molecule has 0 unspecified atom stereocenters. The van der Waals surface area contributed by atoms with Crippen LogP contribution in [0.1, 0.15) is 22.3 Å². The number of rotatable bonds is 6. The summed E-state index contributed by atoms with van der Waals surface area (Å²) in [6.45, 7) is -0.554. The van der Waals surface area contributed by atoms with Crippen LogP contribution < -0.4 is 0 Å². The molecule has 1 aromatic heterocycles. The quantitative estimate of drug-likeness (QED) is 0.183. The lowest BCUT2D eigenvalue weighted by Crippen LogP contribution is -2.09. The zero-order valence-corrected chi connectivity index (χ0v) is 21.5. The molecule has 0 atom stereocenters. The summed E-state index contributed by atoms with van der Waals surface area (Å²) in [4.78, 5) is 0. The van der Waals surface area contributed by atoms with E-state index in [1.165, 1.54) is 12.1 Å². The molecule has 0 amide bonds. The summed E-state index contributed by atoms with van der Waals surface area (Å²) in [5.41, 5.74) is 0.547. The van der Waals surface area contributed by atoms with E-state index in [2.05, 4.69) is 5.10 Å². The van der Waals surface area contributed by atoms with Gasteiger partial charge in [-0.1, -0.05) is 65.7 Å². The Labute approximate surface area is 229 Å². The zero-order valence-electron chi connectivity index (χ0n) is 20.0. The highest BCUT2D eigenvalue weighted by Gasteiger charge is 2.34. The van der Waals surface area contributed by atoms with Crippen molar-refractivity contribution in [3.63, 3.8) is 0 Å². The molecule has 0 aliphatic rings. The van der Waals surface area contributed by atoms with E-state index in [0.29, 0.717) is 40.6 Å². The maximum Gasteiger partial charge on any atom is 0.418 e. The second-order valence-electron chi connectivity index (χ2n) is 8.97. The van der Waals surface area contributed by atoms with E-state index in [9.17, 15) is 26.3 Å². The van der Waals surface area contributed by atoms with Gasteiger partial charge in [0.05, 0.1) is 27.8 Å². The molecular weight excluding hydrogens is 561 g/mol. The zero-order chi connectivity index (χ0) is 27.9. The van der Waals surface area contributed by atoms with Crippen molar-refractivity contribution in [3.8, 4) is 11.3 Å². The Hall–Kier alpha value is -3.49. The van der Waals surface area contributed by atoms with E-state index < -0.39 is 41.3 Å². The Morgan fingerprint density at radius 2 is 1.49 bits per heavy atom. The lowest BCUT2D eigenvalue weighted by Gasteiger charge is -2.12. The molecule has 0 radical (unpaired) electrons. The molecule has 200 valence electrons. The first-order valence-electron chi connectivity index (χ1n) is 11.8. The fourth-order valence-electron chi connectivity index (χ4n) is 4.57. The number of halogens is 8. The smallest absolute Gasteiger partial charge is 0.259 e. The van der Waals surface area contributed by atoms with E-state index >= 15 is 0 Å². The normalized spacial score (nSPS) is 11.9. The minimum atomic E-state index is -4.71. The van der Waals surface area contributed by atoms with Crippen molar-refractivity contribution in [1.82, 2.24) is 9.78 Å². The van der Waals surface area contributed by atoms with Crippen molar-refractivity contribution in [3.05, 3.63) is 123 Å². The molecule has 0 saturated heterocycles. The average molecular weight is 579 g/mol. The molecule has 5 rings (SSSR count). The molecule has 1 heterocycles. The number of aryl methyl sites for hydroxylation is 2. The summed E-state index contributed by atoms with van der Waals surface area (Å²) in [5, 5.41) is 5.17. The van der Waals surface area contributed by atoms with E-state index in [1.54, 1.807) is 30.3 Å². The van der Waals surface area contributed by atoms with Crippen LogP contribution in [-0.2, 0) is 25.6 Å². The number of fused-ring (bicyclic) bond motifs is 1. The number of nitrogens with zero attached hydrogens (tertiary/aromatic N) is 2. The molecule has 4 aromatic carbocycles. The van der Waals surface area contributed by atoms with Gasteiger partial charge in [-0.3, -0.25) is 4.68 Å². The predicted octanol–water partition coefficient (Wildman–Crippen LogP) is 9.28. The van der Waals surface area contributed by atoms with Crippen LogP contribution in [-0.4, -0.2) is 9.78 Å². The topological polar surface area (TPSA) is 17.8 Å². The highest BCUT2D eigenvalue weighted by Crippen LogP contribution is 2.38. The summed E-state index contributed by atoms with van der Waals surface area (Å²) >= 11 is 12.4. The Kier molecular flexibility index (Phi) is 7.35. The minimum Gasteiger partial charge on any atom is -0.259 e. The predicted molar refractivity (Wildman–Crippen MR) is 139 cm³/mol. The second-order valence-corrected chi connectivity index (χ2v) is 9.75. The summed E-state index contributed by atoms with van der Waals surface area (Å²) in [6, 6.07) is 17.0. The van der Waals surface area contributed by atoms with Crippen molar-refractivity contribution in [2.45, 2.75) is 25.6 Å². The van der Waals surface area contributed by atoms with Gasteiger partial charge >= 0.3 is 6.18 Å². The van der Waals surface area contributed by atoms with E-state index in [0.717, 1.165) is 21.9 Å². The lowest BCUT2D eigenvalue weighted by molar-refractivity contribution is -0.136. The molecule has 0 aliphatic carbocycles. The molecule has 0 fully saturated rings. The van der Waals surface area contributed by atoms with Crippen LogP contribution in [0.25, 0.3) is 22.2 Å². The van der Waals surface area contributed by atoms with Crippen molar-refractivity contribution >= 4 is 34.1 Å². The number of benzene rings is 4. The van der Waals surface area contributed by atoms with Crippen LogP contribution in [0.3, 0.4) is 0 Å². The molecule has 2 nitrogen and oxygen atoms in total. The maximum absolute atomic E-state index is 14.5. The van der Waals surface area contributed by atoms with Gasteiger partial charge in [0, 0.05) is 28.6 Å². The third-order valence-corrected chi connectivity index (χ3v) is 7.26. The number of hydrogen-bond donors (Lipinski definition) is 0. The van der Waals surface area contributed by atoms with Gasteiger partial charge in [-0.05, 0) is 42.2 Å². The highest BCUT2D eigenvalue weighted by molar-refractivity contribution is 6.42. The summed E-state index contributed by atoms with van der Waals surface area (Å²) < 4.78 is 85.1. The fraction of sp³-hybridized carbons (Fsp3) is 0.138. The monoisotopic (exact) mass is 578 g/mol. The van der Waals surface area contributed by atoms with Gasteiger partial charge in [-0.25, -0.2) is 13.2 Å². The molecule has 39 heavy (non-hydrogen) atoms. The van der Waals surface area contributed by atoms with Gasteiger partial charge < -0.3 is 0 Å². The molecule has 0 bridgehead atoms. The van der Waals surface area contributed by atoms with Crippen LogP contribution in [0, 0.1) is 17.5 Å². The van der Waals surface area contributed by atoms with Gasteiger partial charge in [0.2, 0.25) is 0 Å². The van der Waals surface area contributed by atoms with Gasteiger partial charge in [0.1, 0.15) is 23.0 Å². The average Bonchev–Trinajstić information content (AvgIpc) is 3.24. The van der Waals surface area contributed by atoms with E-state index in [1.807, 2.05) is 12.1 Å². The summed E-state index contributed by atoms with van der Waals surface area (Å²) in [6.07, 6.45) is -3.62. The Morgan fingerprint density at radius 1 is 0.795 bits per heavy atom. The van der Waals surface area contributed by atoms with Crippen LogP contribution in [0.2, 0.25) is 10.0 Å². The van der Waals surface area contributed by atoms with Crippen molar-refractivity contribution < 1.29 is 26.3 Å². The van der Waals surface area contributed by atoms with E-state index in [-0.39, 0.29) is 16.6 Å². The van der Waals surface area contributed by atoms with Crippen molar-refractivity contribution in [2.24, 2.45) is 0 Å². The number of hydrogen-bond acceptors (Lipinski definition) is 1. The third kappa shape index (κ3) is 5.49. The van der Waals surface area contributed by atoms with Gasteiger partial charge in [0.25, 0.3) is 0 Å². The Balaban J connectivity index is 1.62. The van der Waals surface area contributed by atoms with Gasteiger partial charge in [-0.2, -0.15) is 18.3 Å². The van der Waals surface area contributed by atoms with Crippen molar-refractivity contribution in [2.75, 3.05) is 0 Å². The summed E-state index contributed by atoms with van der Waals surface area (Å²) in [5.74, 6) is -3.44. The number of alkyl halides is 3. The molecular formula is C29H18Cl2F6N2. The molecule has 0 aliphatic heterocycles. The van der Waals surface area contributed by atoms with E-state index in [4.69, 9.17) is 23.2 Å².